The van der Waals surface area contributed by atoms with Crippen molar-refractivity contribution in [2.75, 3.05) is 0 Å². The number of halogens is 1. The normalized spacial score (nSPS) is 10.5. The fraction of sp³-hybridized carbons (Fsp3) is 0.0476. The van der Waals surface area contributed by atoms with Crippen LogP contribution in [0, 0.1) is 11.8 Å². The third-order valence-electron chi connectivity index (χ3n) is 4.12. The standard InChI is InChI=1S/C21H13ClN4O2/c22-17-12-15(7-6-14-4-2-1-3-5-14)8-9-16(17)13-26-20(27)18-19(25-21(26)28)24-11-10-23-18/h1-5,8-12H,13H2,(H,24,25,28). The molecule has 0 radical (unpaired) electrons. The predicted octanol–water partition coefficient (Wildman–Crippen LogP) is 2.58. The summed E-state index contributed by atoms with van der Waals surface area (Å²) >= 11 is 6.36. The van der Waals surface area contributed by atoms with Crippen LogP contribution >= 0.6 is 11.6 Å². The van der Waals surface area contributed by atoms with Gasteiger partial charge in [0, 0.05) is 28.5 Å². The van der Waals surface area contributed by atoms with E-state index in [1.54, 1.807) is 18.2 Å². The van der Waals surface area contributed by atoms with E-state index in [2.05, 4.69) is 26.8 Å². The number of nitrogens with zero attached hydrogens (tertiary/aromatic N) is 3. The molecule has 0 bridgehead atoms. The molecule has 0 amide bonds. The van der Waals surface area contributed by atoms with E-state index in [0.29, 0.717) is 10.6 Å². The lowest BCUT2D eigenvalue weighted by Crippen LogP contribution is -2.36. The minimum absolute atomic E-state index is 0.0198. The summed E-state index contributed by atoms with van der Waals surface area (Å²) < 4.78 is 1.05. The van der Waals surface area contributed by atoms with Crippen molar-refractivity contribution in [1.82, 2.24) is 19.5 Å². The van der Waals surface area contributed by atoms with Gasteiger partial charge in [0.25, 0.3) is 5.56 Å². The molecule has 1 N–H and O–H groups in total. The van der Waals surface area contributed by atoms with Crippen molar-refractivity contribution in [3.63, 3.8) is 0 Å². The van der Waals surface area contributed by atoms with Crippen LogP contribution in [0.3, 0.4) is 0 Å². The first-order chi connectivity index (χ1) is 13.6. The van der Waals surface area contributed by atoms with Crippen molar-refractivity contribution >= 4 is 22.8 Å². The van der Waals surface area contributed by atoms with Gasteiger partial charge in [-0.1, -0.05) is 47.7 Å². The third-order valence-corrected chi connectivity index (χ3v) is 4.47. The second-order valence-corrected chi connectivity index (χ2v) is 6.40. The summed E-state index contributed by atoms with van der Waals surface area (Å²) in [4.78, 5) is 35.3. The van der Waals surface area contributed by atoms with Gasteiger partial charge in [0.1, 0.15) is 0 Å². The molecule has 2 aromatic carbocycles. The van der Waals surface area contributed by atoms with E-state index in [1.807, 2.05) is 30.3 Å². The Kier molecular flexibility index (Phi) is 4.75. The average Bonchev–Trinajstić information content (AvgIpc) is 2.71. The Labute approximate surface area is 164 Å². The van der Waals surface area contributed by atoms with Crippen molar-refractivity contribution in [3.8, 4) is 11.8 Å². The lowest BCUT2D eigenvalue weighted by molar-refractivity contribution is 0.707. The Bertz CT molecular complexity index is 1350. The Balaban J connectivity index is 1.67. The number of aromatic amines is 1. The topological polar surface area (TPSA) is 80.6 Å². The number of hydrogen-bond donors (Lipinski definition) is 1. The molecule has 0 fully saturated rings. The molecule has 6 nitrogen and oxygen atoms in total. The number of hydrogen-bond acceptors (Lipinski definition) is 4. The first-order valence-corrected chi connectivity index (χ1v) is 8.79. The van der Waals surface area contributed by atoms with E-state index in [1.165, 1.54) is 12.4 Å². The van der Waals surface area contributed by atoms with E-state index in [9.17, 15) is 9.59 Å². The highest BCUT2D eigenvalue weighted by Crippen LogP contribution is 2.18. The zero-order valence-corrected chi connectivity index (χ0v) is 15.3. The fourth-order valence-electron chi connectivity index (χ4n) is 2.71. The van der Waals surface area contributed by atoms with Crippen LogP contribution in [0.25, 0.3) is 11.2 Å². The number of aromatic nitrogens is 4. The molecule has 4 aromatic rings. The molecule has 0 aliphatic rings. The van der Waals surface area contributed by atoms with E-state index in [4.69, 9.17) is 11.6 Å². The van der Waals surface area contributed by atoms with Crippen molar-refractivity contribution in [2.45, 2.75) is 6.54 Å². The van der Waals surface area contributed by atoms with Gasteiger partial charge in [-0.05, 0) is 29.8 Å². The zero-order valence-electron chi connectivity index (χ0n) is 14.5. The van der Waals surface area contributed by atoms with Gasteiger partial charge in [0.2, 0.25) is 0 Å². The summed E-state index contributed by atoms with van der Waals surface area (Å²) in [5.41, 5.74) is 1.44. The molecule has 2 heterocycles. The number of H-pyrrole nitrogens is 1. The first-order valence-electron chi connectivity index (χ1n) is 8.41. The molecule has 0 aliphatic heterocycles. The number of nitrogens with one attached hydrogen (secondary N) is 1. The van der Waals surface area contributed by atoms with Gasteiger partial charge < -0.3 is 0 Å². The van der Waals surface area contributed by atoms with Gasteiger partial charge in [-0.3, -0.25) is 14.3 Å². The van der Waals surface area contributed by atoms with Gasteiger partial charge in [-0.25, -0.2) is 14.8 Å². The zero-order chi connectivity index (χ0) is 19.5. The quantitative estimate of drug-likeness (QED) is 0.535. The van der Waals surface area contributed by atoms with Gasteiger partial charge in [-0.15, -0.1) is 0 Å². The highest BCUT2D eigenvalue weighted by molar-refractivity contribution is 6.31. The van der Waals surface area contributed by atoms with Crippen LogP contribution in [-0.2, 0) is 6.54 Å². The molecule has 2 aromatic heterocycles. The third kappa shape index (κ3) is 3.56. The minimum Gasteiger partial charge on any atom is -0.290 e. The van der Waals surface area contributed by atoms with Crippen LogP contribution < -0.4 is 11.2 Å². The maximum atomic E-state index is 12.6. The molecule has 0 spiro atoms. The lowest BCUT2D eigenvalue weighted by Gasteiger charge is -2.08. The summed E-state index contributed by atoms with van der Waals surface area (Å²) in [6.45, 7) is 0.0198. The largest absolute Gasteiger partial charge is 0.330 e. The van der Waals surface area contributed by atoms with Crippen molar-refractivity contribution in [1.29, 1.82) is 0 Å². The van der Waals surface area contributed by atoms with Crippen LogP contribution in [0.2, 0.25) is 5.02 Å². The van der Waals surface area contributed by atoms with Crippen LogP contribution in [0.5, 0.6) is 0 Å². The van der Waals surface area contributed by atoms with Gasteiger partial charge in [0.15, 0.2) is 11.2 Å². The molecule has 4 rings (SSSR count). The molecule has 0 aliphatic carbocycles. The smallest absolute Gasteiger partial charge is 0.290 e. The Hall–Kier alpha value is -3.69. The molecule has 0 saturated heterocycles. The summed E-state index contributed by atoms with van der Waals surface area (Å²) in [6, 6.07) is 14.9. The van der Waals surface area contributed by atoms with Crippen molar-refractivity contribution in [2.24, 2.45) is 0 Å². The highest BCUT2D eigenvalue weighted by atomic mass is 35.5. The van der Waals surface area contributed by atoms with Gasteiger partial charge >= 0.3 is 5.69 Å². The molecule has 0 atom stereocenters. The number of benzene rings is 2. The van der Waals surface area contributed by atoms with Crippen molar-refractivity contribution in [3.05, 3.63) is 103 Å². The van der Waals surface area contributed by atoms with Crippen LogP contribution in [0.15, 0.2) is 70.5 Å². The monoisotopic (exact) mass is 388 g/mol. The molecular weight excluding hydrogens is 376 g/mol. The SMILES string of the molecule is O=c1[nH]c2nccnc2c(=O)n1Cc1ccc(C#Cc2ccccc2)cc1Cl. The number of rotatable bonds is 2. The van der Waals surface area contributed by atoms with Crippen LogP contribution in [-0.4, -0.2) is 19.5 Å². The summed E-state index contributed by atoms with van der Waals surface area (Å²) in [5, 5.41) is 0.422. The summed E-state index contributed by atoms with van der Waals surface area (Å²) in [5.74, 6) is 6.11. The van der Waals surface area contributed by atoms with Gasteiger partial charge in [-0.2, -0.15) is 0 Å². The minimum atomic E-state index is -0.568. The van der Waals surface area contributed by atoms with Gasteiger partial charge in [0.05, 0.1) is 6.54 Å². The molecule has 0 saturated carbocycles. The molecule has 7 heteroatoms. The van der Waals surface area contributed by atoms with Crippen LogP contribution in [0.1, 0.15) is 16.7 Å². The Morgan fingerprint density at radius 1 is 0.964 bits per heavy atom. The average molecular weight is 389 g/mol. The van der Waals surface area contributed by atoms with E-state index >= 15 is 0 Å². The second kappa shape index (κ2) is 7.51. The van der Waals surface area contributed by atoms with E-state index < -0.39 is 11.2 Å². The van der Waals surface area contributed by atoms with E-state index in [0.717, 1.165) is 15.7 Å². The second-order valence-electron chi connectivity index (χ2n) is 6.00. The van der Waals surface area contributed by atoms with E-state index in [-0.39, 0.29) is 17.7 Å². The molecular formula is C21H13ClN4O2. The Morgan fingerprint density at radius 3 is 2.50 bits per heavy atom. The molecule has 28 heavy (non-hydrogen) atoms. The first kappa shape index (κ1) is 17.7. The Morgan fingerprint density at radius 2 is 1.71 bits per heavy atom. The van der Waals surface area contributed by atoms with Crippen molar-refractivity contribution < 1.29 is 0 Å². The lowest BCUT2D eigenvalue weighted by atomic mass is 10.1. The predicted molar refractivity (Wildman–Crippen MR) is 107 cm³/mol. The summed E-state index contributed by atoms with van der Waals surface area (Å²) in [6.07, 6.45) is 2.81. The highest BCUT2D eigenvalue weighted by Gasteiger charge is 2.11. The maximum Gasteiger partial charge on any atom is 0.330 e. The maximum absolute atomic E-state index is 12.6. The summed E-state index contributed by atoms with van der Waals surface area (Å²) in [7, 11) is 0. The number of fused-ring (bicyclic) bond motifs is 1. The fourth-order valence-corrected chi connectivity index (χ4v) is 2.95. The molecule has 0 unspecified atom stereocenters. The molecule has 136 valence electrons. The van der Waals surface area contributed by atoms with Crippen LogP contribution in [0.4, 0.5) is 0 Å².